The van der Waals surface area contributed by atoms with Crippen molar-refractivity contribution in [3.05, 3.63) is 22.0 Å². The van der Waals surface area contributed by atoms with Gasteiger partial charge in [0.25, 0.3) is 0 Å². The Kier molecular flexibility index (Phi) is 2.68. The van der Waals surface area contributed by atoms with Crippen molar-refractivity contribution in [1.82, 2.24) is 4.90 Å². The van der Waals surface area contributed by atoms with E-state index in [9.17, 15) is 10.1 Å². The average molecular weight is 210 g/mol. The molecular formula is C9H14N4O2. The van der Waals surface area contributed by atoms with Crippen molar-refractivity contribution in [3.8, 4) is 0 Å². The number of hydrogen-bond donors (Lipinski definition) is 1. The third-order valence-corrected chi connectivity index (χ3v) is 2.66. The highest BCUT2D eigenvalue weighted by Crippen LogP contribution is 2.27. The average Bonchev–Trinajstić information content (AvgIpc) is 3.01. The molecule has 6 heteroatoms. The summed E-state index contributed by atoms with van der Waals surface area (Å²) in [5, 5.41) is 10.3. The zero-order valence-electron chi connectivity index (χ0n) is 8.43. The van der Waals surface area contributed by atoms with E-state index in [1.165, 1.54) is 18.9 Å². The van der Waals surface area contributed by atoms with Crippen LogP contribution in [0.15, 0.2) is 16.9 Å². The fraction of sp³-hybridized carbons (Fsp3) is 0.667. The molecule has 1 fully saturated rings. The molecule has 2 rings (SSSR count). The first kappa shape index (κ1) is 10.1. The van der Waals surface area contributed by atoms with Crippen LogP contribution in [0.5, 0.6) is 0 Å². The van der Waals surface area contributed by atoms with Crippen LogP contribution in [-0.2, 0) is 0 Å². The van der Waals surface area contributed by atoms with Crippen molar-refractivity contribution in [2.75, 3.05) is 19.6 Å². The zero-order chi connectivity index (χ0) is 10.8. The summed E-state index contributed by atoms with van der Waals surface area (Å²) in [5.41, 5.74) is 5.97. The third kappa shape index (κ3) is 2.53. The lowest BCUT2D eigenvalue weighted by Crippen LogP contribution is -2.37. The minimum atomic E-state index is -0.585. The van der Waals surface area contributed by atoms with Crippen molar-refractivity contribution < 1.29 is 4.92 Å². The highest BCUT2D eigenvalue weighted by Gasteiger charge is 2.30. The summed E-state index contributed by atoms with van der Waals surface area (Å²) < 4.78 is 0. The van der Waals surface area contributed by atoms with Gasteiger partial charge >= 0.3 is 5.82 Å². The molecule has 0 aromatic rings. The maximum absolute atomic E-state index is 10.3. The van der Waals surface area contributed by atoms with Crippen molar-refractivity contribution in [2.45, 2.75) is 18.9 Å². The molecule has 0 bridgehead atoms. The van der Waals surface area contributed by atoms with Gasteiger partial charge in [-0.15, -0.1) is 0 Å². The monoisotopic (exact) mass is 210 g/mol. The first-order valence-electron chi connectivity index (χ1n) is 5.06. The Morgan fingerprint density at radius 3 is 3.00 bits per heavy atom. The molecule has 1 heterocycles. The van der Waals surface area contributed by atoms with E-state index in [1.807, 2.05) is 0 Å². The molecule has 0 saturated heterocycles. The van der Waals surface area contributed by atoms with Crippen LogP contribution in [0.1, 0.15) is 12.8 Å². The van der Waals surface area contributed by atoms with Crippen molar-refractivity contribution >= 4 is 5.71 Å². The van der Waals surface area contributed by atoms with Crippen LogP contribution >= 0.6 is 0 Å². The molecule has 0 atom stereocenters. The largest absolute Gasteiger partial charge is 0.358 e. The van der Waals surface area contributed by atoms with Gasteiger partial charge in [-0.1, -0.05) is 0 Å². The quantitative estimate of drug-likeness (QED) is 0.524. The van der Waals surface area contributed by atoms with Gasteiger partial charge in [0.15, 0.2) is 0 Å². The predicted octanol–water partition coefficient (Wildman–Crippen LogP) is -0.0178. The van der Waals surface area contributed by atoms with Crippen LogP contribution in [0, 0.1) is 10.1 Å². The highest BCUT2D eigenvalue weighted by molar-refractivity contribution is 5.97. The van der Waals surface area contributed by atoms with Gasteiger partial charge < -0.3 is 10.1 Å². The molecule has 0 aromatic carbocycles. The molecule has 0 amide bonds. The second-order valence-electron chi connectivity index (χ2n) is 3.90. The van der Waals surface area contributed by atoms with Gasteiger partial charge in [-0.25, -0.2) is 0 Å². The molecule has 0 aromatic heterocycles. The van der Waals surface area contributed by atoms with Crippen LogP contribution in [0.3, 0.4) is 0 Å². The van der Waals surface area contributed by atoms with E-state index in [1.54, 1.807) is 0 Å². The number of nitrogens with zero attached hydrogens (tertiary/aromatic N) is 3. The van der Waals surface area contributed by atoms with E-state index >= 15 is 0 Å². The van der Waals surface area contributed by atoms with Gasteiger partial charge in [0.2, 0.25) is 0 Å². The van der Waals surface area contributed by atoms with E-state index in [-0.39, 0.29) is 5.82 Å². The Morgan fingerprint density at radius 1 is 1.67 bits per heavy atom. The Hall–Kier alpha value is -1.43. The van der Waals surface area contributed by atoms with Crippen molar-refractivity contribution in [1.29, 1.82) is 0 Å². The first-order valence-corrected chi connectivity index (χ1v) is 5.06. The summed E-state index contributed by atoms with van der Waals surface area (Å²) in [7, 11) is 0. The smallest absolute Gasteiger partial charge is 0.315 e. The SMILES string of the molecule is NC(=CC1=NCCN(C2CC2)C1)[N+](=O)[O-]. The second-order valence-corrected chi connectivity index (χ2v) is 3.90. The van der Waals surface area contributed by atoms with Gasteiger partial charge in [0, 0.05) is 19.1 Å². The lowest BCUT2D eigenvalue weighted by atomic mass is 10.2. The van der Waals surface area contributed by atoms with Crippen molar-refractivity contribution in [3.63, 3.8) is 0 Å². The summed E-state index contributed by atoms with van der Waals surface area (Å²) in [4.78, 5) is 16.3. The predicted molar refractivity (Wildman–Crippen MR) is 56.2 cm³/mol. The van der Waals surface area contributed by atoms with E-state index < -0.39 is 4.92 Å². The number of aliphatic imine (C=N–C) groups is 1. The lowest BCUT2D eigenvalue weighted by Gasteiger charge is -2.24. The summed E-state index contributed by atoms with van der Waals surface area (Å²) in [6.07, 6.45) is 3.85. The highest BCUT2D eigenvalue weighted by atomic mass is 16.6. The van der Waals surface area contributed by atoms with Crippen LogP contribution in [0.2, 0.25) is 0 Å². The molecule has 6 nitrogen and oxygen atoms in total. The minimum absolute atomic E-state index is 0.327. The molecule has 1 saturated carbocycles. The summed E-state index contributed by atoms with van der Waals surface area (Å²) in [5.74, 6) is -0.327. The molecule has 1 aliphatic carbocycles. The van der Waals surface area contributed by atoms with Crippen LogP contribution in [0.4, 0.5) is 0 Å². The molecule has 15 heavy (non-hydrogen) atoms. The normalized spacial score (nSPS) is 23.7. The van der Waals surface area contributed by atoms with Gasteiger partial charge in [-0.05, 0) is 17.8 Å². The lowest BCUT2D eigenvalue weighted by molar-refractivity contribution is -0.426. The Balaban J connectivity index is 2.00. The van der Waals surface area contributed by atoms with E-state index in [0.29, 0.717) is 19.1 Å². The summed E-state index contributed by atoms with van der Waals surface area (Å²) in [6, 6.07) is 0.667. The van der Waals surface area contributed by atoms with E-state index in [4.69, 9.17) is 5.73 Å². The summed E-state index contributed by atoms with van der Waals surface area (Å²) >= 11 is 0. The van der Waals surface area contributed by atoms with E-state index in [2.05, 4.69) is 9.89 Å². The topological polar surface area (TPSA) is 84.8 Å². The number of hydrogen-bond acceptors (Lipinski definition) is 5. The zero-order valence-corrected chi connectivity index (χ0v) is 8.43. The van der Waals surface area contributed by atoms with Gasteiger partial charge in [-0.2, -0.15) is 0 Å². The Labute approximate surface area is 87.6 Å². The fourth-order valence-corrected chi connectivity index (χ4v) is 1.73. The molecule has 0 unspecified atom stereocenters. The number of nitrogens with two attached hydrogens (primary N) is 1. The Bertz CT molecular complexity index is 333. The molecule has 1 aliphatic heterocycles. The molecule has 82 valence electrons. The Morgan fingerprint density at radius 2 is 2.40 bits per heavy atom. The third-order valence-electron chi connectivity index (χ3n) is 2.66. The van der Waals surface area contributed by atoms with Crippen LogP contribution < -0.4 is 5.73 Å². The second kappa shape index (κ2) is 3.98. The molecule has 2 aliphatic rings. The fourth-order valence-electron chi connectivity index (χ4n) is 1.73. The molecule has 0 spiro atoms. The maximum Gasteiger partial charge on any atom is 0.315 e. The number of rotatable bonds is 3. The van der Waals surface area contributed by atoms with Gasteiger partial charge in [-0.3, -0.25) is 15.6 Å². The first-order chi connectivity index (χ1) is 7.16. The standard InChI is InChI=1S/C9H14N4O2/c10-9(13(14)15)5-7-6-12(4-3-11-7)8-1-2-8/h5,8H,1-4,6,10H2. The molecular weight excluding hydrogens is 196 g/mol. The van der Waals surface area contributed by atoms with Crippen molar-refractivity contribution in [2.24, 2.45) is 10.7 Å². The van der Waals surface area contributed by atoms with E-state index in [0.717, 1.165) is 12.3 Å². The minimum Gasteiger partial charge on any atom is -0.358 e. The van der Waals surface area contributed by atoms with Gasteiger partial charge in [0.1, 0.15) is 0 Å². The van der Waals surface area contributed by atoms with Crippen LogP contribution in [0.25, 0.3) is 0 Å². The van der Waals surface area contributed by atoms with Gasteiger partial charge in [0.05, 0.1) is 18.3 Å². The number of nitro groups is 1. The molecule has 0 radical (unpaired) electrons. The maximum atomic E-state index is 10.3. The molecule has 2 N–H and O–H groups in total. The van der Waals surface area contributed by atoms with Crippen LogP contribution in [-0.4, -0.2) is 41.2 Å². The summed E-state index contributed by atoms with van der Waals surface area (Å²) in [6.45, 7) is 2.37.